The number of rotatable bonds is 3. The lowest BCUT2D eigenvalue weighted by molar-refractivity contribution is -0.0285. The molecule has 1 aliphatic rings. The Morgan fingerprint density at radius 3 is 2.43 bits per heavy atom. The minimum absolute atomic E-state index is 0.0484. The fraction of sp³-hybridized carbons (Fsp3) is 1.00. The van der Waals surface area contributed by atoms with E-state index in [1.54, 1.807) is 0 Å². The van der Waals surface area contributed by atoms with Crippen LogP contribution in [-0.2, 0) is 14.9 Å². The van der Waals surface area contributed by atoms with Crippen molar-refractivity contribution in [2.45, 2.75) is 33.6 Å². The van der Waals surface area contributed by atoms with E-state index in [9.17, 15) is 8.42 Å². The third kappa shape index (κ3) is 3.55. The maximum absolute atomic E-state index is 11.7. The number of nitrogens with zero attached hydrogens (tertiary/aromatic N) is 1. The SMILES string of the molecule is CC(C)(C)CCS(=O)(=O)N1CCCO1. The molecule has 0 N–H and O–H groups in total. The molecule has 0 aliphatic carbocycles. The van der Waals surface area contributed by atoms with Gasteiger partial charge in [-0.1, -0.05) is 25.2 Å². The van der Waals surface area contributed by atoms with Crippen LogP contribution in [0.15, 0.2) is 0 Å². The Balaban J connectivity index is 2.50. The van der Waals surface area contributed by atoms with Gasteiger partial charge in [0.25, 0.3) is 0 Å². The van der Waals surface area contributed by atoms with Gasteiger partial charge < -0.3 is 0 Å². The van der Waals surface area contributed by atoms with Crippen LogP contribution < -0.4 is 0 Å². The second kappa shape index (κ2) is 4.16. The molecule has 0 amide bonds. The van der Waals surface area contributed by atoms with Crippen molar-refractivity contribution in [1.82, 2.24) is 4.47 Å². The highest BCUT2D eigenvalue weighted by Gasteiger charge is 2.27. The van der Waals surface area contributed by atoms with Gasteiger partial charge in [0.15, 0.2) is 0 Å². The number of sulfonamides is 1. The Hall–Kier alpha value is -0.130. The van der Waals surface area contributed by atoms with Crippen molar-refractivity contribution in [3.63, 3.8) is 0 Å². The molecule has 0 aromatic heterocycles. The first-order chi connectivity index (χ1) is 6.31. The quantitative estimate of drug-likeness (QED) is 0.723. The molecule has 5 heteroatoms. The van der Waals surface area contributed by atoms with Gasteiger partial charge in [-0.05, 0) is 18.3 Å². The Morgan fingerprint density at radius 1 is 1.36 bits per heavy atom. The van der Waals surface area contributed by atoms with Gasteiger partial charge in [0, 0.05) is 6.54 Å². The predicted octanol–water partition coefficient (Wildman–Crippen LogP) is 1.39. The standard InChI is InChI=1S/C9H19NO3S/c1-9(2,3)5-8-14(11,12)10-6-4-7-13-10/h4-8H2,1-3H3. The van der Waals surface area contributed by atoms with Crippen molar-refractivity contribution in [2.24, 2.45) is 5.41 Å². The first-order valence-electron chi connectivity index (χ1n) is 4.95. The topological polar surface area (TPSA) is 46.6 Å². The molecule has 0 radical (unpaired) electrons. The first-order valence-corrected chi connectivity index (χ1v) is 6.55. The van der Waals surface area contributed by atoms with Crippen molar-refractivity contribution in [3.8, 4) is 0 Å². The van der Waals surface area contributed by atoms with Crippen LogP contribution in [0.3, 0.4) is 0 Å². The van der Waals surface area contributed by atoms with Crippen LogP contribution >= 0.6 is 0 Å². The van der Waals surface area contributed by atoms with E-state index < -0.39 is 10.0 Å². The van der Waals surface area contributed by atoms with E-state index in [0.717, 1.165) is 10.9 Å². The van der Waals surface area contributed by atoms with E-state index in [4.69, 9.17) is 4.84 Å². The van der Waals surface area contributed by atoms with E-state index in [0.29, 0.717) is 19.6 Å². The minimum Gasteiger partial charge on any atom is -0.284 e. The molecule has 0 spiro atoms. The predicted molar refractivity (Wildman–Crippen MR) is 55.1 cm³/mol. The van der Waals surface area contributed by atoms with Gasteiger partial charge in [-0.2, -0.15) is 0 Å². The van der Waals surface area contributed by atoms with Crippen LogP contribution in [0.1, 0.15) is 33.6 Å². The molecule has 0 saturated carbocycles. The second-order valence-corrected chi connectivity index (χ2v) is 6.82. The van der Waals surface area contributed by atoms with Gasteiger partial charge in [-0.3, -0.25) is 4.84 Å². The summed E-state index contributed by atoms with van der Waals surface area (Å²) < 4.78 is 24.5. The monoisotopic (exact) mass is 221 g/mol. The minimum atomic E-state index is -3.18. The summed E-state index contributed by atoms with van der Waals surface area (Å²) in [4.78, 5) is 5.03. The molecule has 0 unspecified atom stereocenters. The highest BCUT2D eigenvalue weighted by atomic mass is 32.2. The average molecular weight is 221 g/mol. The van der Waals surface area contributed by atoms with Crippen LogP contribution in [0.5, 0.6) is 0 Å². The molecular weight excluding hydrogens is 202 g/mol. The summed E-state index contributed by atoms with van der Waals surface area (Å²) in [6, 6.07) is 0. The Bertz CT molecular complexity index is 273. The van der Waals surface area contributed by atoms with Gasteiger partial charge in [0.05, 0.1) is 12.4 Å². The van der Waals surface area contributed by atoms with E-state index in [-0.39, 0.29) is 11.2 Å². The van der Waals surface area contributed by atoms with Gasteiger partial charge in [0.1, 0.15) is 0 Å². The third-order valence-corrected chi connectivity index (χ3v) is 3.77. The van der Waals surface area contributed by atoms with Crippen molar-refractivity contribution in [2.75, 3.05) is 18.9 Å². The molecule has 84 valence electrons. The molecule has 14 heavy (non-hydrogen) atoms. The Morgan fingerprint density at radius 2 is 2.00 bits per heavy atom. The lowest BCUT2D eigenvalue weighted by atomic mass is 9.94. The highest BCUT2D eigenvalue weighted by molar-refractivity contribution is 7.88. The fourth-order valence-corrected chi connectivity index (χ4v) is 2.90. The summed E-state index contributed by atoms with van der Waals surface area (Å²) in [7, 11) is -3.18. The zero-order valence-electron chi connectivity index (χ0n) is 9.12. The largest absolute Gasteiger partial charge is 0.284 e. The molecular formula is C9H19NO3S. The van der Waals surface area contributed by atoms with Gasteiger partial charge in [0.2, 0.25) is 10.0 Å². The van der Waals surface area contributed by atoms with E-state index >= 15 is 0 Å². The lowest BCUT2D eigenvalue weighted by Gasteiger charge is -2.20. The summed E-state index contributed by atoms with van der Waals surface area (Å²) >= 11 is 0. The zero-order chi connectivity index (χ0) is 10.8. The maximum Gasteiger partial charge on any atom is 0.236 e. The van der Waals surface area contributed by atoms with Gasteiger partial charge in [-0.25, -0.2) is 8.42 Å². The van der Waals surface area contributed by atoms with Crippen LogP contribution in [-0.4, -0.2) is 31.8 Å². The molecule has 1 fully saturated rings. The summed E-state index contributed by atoms with van der Waals surface area (Å²) in [5, 5.41) is 0. The molecule has 0 atom stereocenters. The van der Waals surface area contributed by atoms with Crippen LogP contribution in [0.25, 0.3) is 0 Å². The molecule has 1 aliphatic heterocycles. The lowest BCUT2D eigenvalue weighted by Crippen LogP contribution is -2.30. The second-order valence-electron chi connectivity index (χ2n) is 4.84. The summed E-state index contributed by atoms with van der Waals surface area (Å²) in [5.41, 5.74) is 0.0484. The maximum atomic E-state index is 11.7. The molecule has 0 bridgehead atoms. The van der Waals surface area contributed by atoms with Gasteiger partial charge >= 0.3 is 0 Å². The zero-order valence-corrected chi connectivity index (χ0v) is 9.93. The molecule has 0 aromatic rings. The normalized spacial score (nSPS) is 20.2. The average Bonchev–Trinajstić information content (AvgIpc) is 2.52. The van der Waals surface area contributed by atoms with Crippen LogP contribution in [0, 0.1) is 5.41 Å². The smallest absolute Gasteiger partial charge is 0.236 e. The van der Waals surface area contributed by atoms with Crippen LogP contribution in [0.4, 0.5) is 0 Å². The fourth-order valence-electron chi connectivity index (χ4n) is 1.18. The molecule has 1 rings (SSSR count). The molecule has 1 saturated heterocycles. The summed E-state index contributed by atoms with van der Waals surface area (Å²) in [5.74, 6) is 0.177. The van der Waals surface area contributed by atoms with E-state index in [2.05, 4.69) is 0 Å². The van der Waals surface area contributed by atoms with Gasteiger partial charge in [-0.15, -0.1) is 0 Å². The number of hydroxylamine groups is 1. The van der Waals surface area contributed by atoms with E-state index in [1.807, 2.05) is 20.8 Å². The van der Waals surface area contributed by atoms with Crippen LogP contribution in [0.2, 0.25) is 0 Å². The number of hydrogen-bond acceptors (Lipinski definition) is 3. The number of hydrogen-bond donors (Lipinski definition) is 0. The van der Waals surface area contributed by atoms with Crippen molar-refractivity contribution in [3.05, 3.63) is 0 Å². The Kier molecular flexibility index (Phi) is 3.55. The summed E-state index contributed by atoms with van der Waals surface area (Å²) in [6.07, 6.45) is 1.46. The Labute approximate surface area is 86.2 Å². The molecule has 4 nitrogen and oxygen atoms in total. The summed E-state index contributed by atoms with van der Waals surface area (Å²) in [6.45, 7) is 7.13. The molecule has 0 aromatic carbocycles. The first kappa shape index (κ1) is 11.9. The molecule has 1 heterocycles. The van der Waals surface area contributed by atoms with Crippen molar-refractivity contribution >= 4 is 10.0 Å². The van der Waals surface area contributed by atoms with E-state index in [1.165, 1.54) is 0 Å². The van der Waals surface area contributed by atoms with Crippen molar-refractivity contribution in [1.29, 1.82) is 0 Å². The highest BCUT2D eigenvalue weighted by Crippen LogP contribution is 2.21. The van der Waals surface area contributed by atoms with Crippen molar-refractivity contribution < 1.29 is 13.3 Å². The third-order valence-electron chi connectivity index (χ3n) is 2.14.